The van der Waals surface area contributed by atoms with Gasteiger partial charge in [0.1, 0.15) is 39.6 Å². The van der Waals surface area contributed by atoms with Crippen LogP contribution in [0.25, 0.3) is 0 Å². The van der Waals surface area contributed by atoms with E-state index in [0.717, 1.165) is 0 Å². The zero-order chi connectivity index (χ0) is 20.4. The molecule has 0 atom stereocenters. The third-order valence-corrected chi connectivity index (χ3v) is 4.34. The van der Waals surface area contributed by atoms with Crippen molar-refractivity contribution in [2.24, 2.45) is 0 Å². The fourth-order valence-corrected chi connectivity index (χ4v) is 2.98. The van der Waals surface area contributed by atoms with E-state index in [2.05, 4.69) is 0 Å². The molecule has 1 aliphatic rings. The molecule has 0 fully saturated rings. The molecule has 0 radical (unpaired) electrons. The Balaban J connectivity index is 1.50. The van der Waals surface area contributed by atoms with E-state index in [0.29, 0.717) is 74.1 Å². The summed E-state index contributed by atoms with van der Waals surface area (Å²) in [5, 5.41) is 0. The van der Waals surface area contributed by atoms with Gasteiger partial charge >= 0.3 is 0 Å². The molecule has 6 heteroatoms. The van der Waals surface area contributed by atoms with Gasteiger partial charge in [0.2, 0.25) is 0 Å². The average Bonchev–Trinajstić information content (AvgIpc) is 2.79. The topological polar surface area (TPSA) is 55.4 Å². The van der Waals surface area contributed by atoms with Gasteiger partial charge < -0.3 is 28.4 Å². The standard InChI is InChI=1S/C24H24O6/c1-2-8-20-19(7-1)25-13-14-27-21-9-3-4-10-22(21)29-17-18-30-24-12-6-5-11-23(24)28-16-15-26-20/h1-12H,13-18H2. The van der Waals surface area contributed by atoms with E-state index in [1.165, 1.54) is 0 Å². The third-order valence-electron chi connectivity index (χ3n) is 4.34. The summed E-state index contributed by atoms with van der Waals surface area (Å²) in [6, 6.07) is 22.6. The highest BCUT2D eigenvalue weighted by atomic mass is 16.6. The Morgan fingerprint density at radius 2 is 0.467 bits per heavy atom. The van der Waals surface area contributed by atoms with Gasteiger partial charge in [0.25, 0.3) is 0 Å². The predicted octanol–water partition coefficient (Wildman–Crippen LogP) is 4.37. The van der Waals surface area contributed by atoms with E-state index in [1.807, 2.05) is 72.8 Å². The van der Waals surface area contributed by atoms with Gasteiger partial charge in [-0.25, -0.2) is 0 Å². The lowest BCUT2D eigenvalue weighted by Gasteiger charge is -2.17. The molecule has 0 aromatic heterocycles. The molecule has 0 unspecified atom stereocenters. The van der Waals surface area contributed by atoms with Crippen molar-refractivity contribution < 1.29 is 28.4 Å². The number of para-hydroxylation sites is 6. The second kappa shape index (κ2) is 10.3. The molecule has 0 aliphatic carbocycles. The van der Waals surface area contributed by atoms with E-state index in [1.54, 1.807) is 0 Å². The summed E-state index contributed by atoms with van der Waals surface area (Å²) in [7, 11) is 0. The Hall–Kier alpha value is -3.54. The molecule has 156 valence electrons. The van der Waals surface area contributed by atoms with Crippen molar-refractivity contribution in [3.63, 3.8) is 0 Å². The molecule has 0 saturated carbocycles. The monoisotopic (exact) mass is 408 g/mol. The van der Waals surface area contributed by atoms with Crippen molar-refractivity contribution in [2.75, 3.05) is 39.6 Å². The Bertz CT molecular complexity index is 745. The van der Waals surface area contributed by atoms with E-state index in [9.17, 15) is 0 Å². The van der Waals surface area contributed by atoms with E-state index >= 15 is 0 Å². The maximum atomic E-state index is 5.85. The van der Waals surface area contributed by atoms with Gasteiger partial charge in [0, 0.05) is 0 Å². The zero-order valence-corrected chi connectivity index (χ0v) is 16.6. The fraction of sp³-hybridized carbons (Fsp3) is 0.250. The summed E-state index contributed by atoms with van der Waals surface area (Å²) in [6.07, 6.45) is 0. The summed E-state index contributed by atoms with van der Waals surface area (Å²) >= 11 is 0. The molecule has 3 aromatic carbocycles. The van der Waals surface area contributed by atoms with Gasteiger partial charge in [-0.1, -0.05) is 36.4 Å². The van der Waals surface area contributed by atoms with Gasteiger partial charge in [-0.15, -0.1) is 0 Å². The average molecular weight is 408 g/mol. The second-order valence-corrected chi connectivity index (χ2v) is 6.43. The predicted molar refractivity (Wildman–Crippen MR) is 112 cm³/mol. The van der Waals surface area contributed by atoms with Gasteiger partial charge in [-0.3, -0.25) is 0 Å². The Labute approximate surface area is 175 Å². The van der Waals surface area contributed by atoms with Gasteiger partial charge in [0.05, 0.1) is 0 Å². The van der Waals surface area contributed by atoms with Crippen molar-refractivity contribution in [3.05, 3.63) is 72.8 Å². The Morgan fingerprint density at radius 3 is 0.633 bits per heavy atom. The summed E-state index contributed by atoms with van der Waals surface area (Å²) < 4.78 is 35.1. The maximum absolute atomic E-state index is 5.85. The van der Waals surface area contributed by atoms with Crippen molar-refractivity contribution in [1.82, 2.24) is 0 Å². The molecular weight excluding hydrogens is 384 g/mol. The Kier molecular flexibility index (Phi) is 6.78. The minimum Gasteiger partial charge on any atom is -0.486 e. The van der Waals surface area contributed by atoms with Crippen LogP contribution in [0.2, 0.25) is 0 Å². The first-order chi connectivity index (χ1) is 14.9. The van der Waals surface area contributed by atoms with Gasteiger partial charge in [0.15, 0.2) is 34.5 Å². The molecule has 0 saturated heterocycles. The highest BCUT2D eigenvalue weighted by Crippen LogP contribution is 2.29. The first-order valence-corrected chi connectivity index (χ1v) is 9.94. The van der Waals surface area contributed by atoms with Crippen LogP contribution in [0.3, 0.4) is 0 Å². The summed E-state index contributed by atoms with van der Waals surface area (Å²) in [5.74, 6) is 3.97. The van der Waals surface area contributed by atoms with Crippen LogP contribution in [-0.4, -0.2) is 39.6 Å². The molecule has 0 spiro atoms. The number of hydrogen-bond donors (Lipinski definition) is 0. The van der Waals surface area contributed by atoms with Crippen LogP contribution in [0, 0.1) is 0 Å². The summed E-state index contributed by atoms with van der Waals surface area (Å²) in [4.78, 5) is 0. The zero-order valence-electron chi connectivity index (χ0n) is 16.6. The van der Waals surface area contributed by atoms with E-state index < -0.39 is 0 Å². The smallest absolute Gasteiger partial charge is 0.161 e. The lowest BCUT2D eigenvalue weighted by molar-refractivity contribution is 0.171. The molecule has 0 N–H and O–H groups in total. The normalized spacial score (nSPS) is 14.8. The molecule has 0 amide bonds. The van der Waals surface area contributed by atoms with Crippen molar-refractivity contribution >= 4 is 0 Å². The first kappa shape index (κ1) is 19.8. The number of fused-ring (bicyclic) bond motifs is 3. The molecule has 30 heavy (non-hydrogen) atoms. The van der Waals surface area contributed by atoms with E-state index in [4.69, 9.17) is 28.4 Å². The van der Waals surface area contributed by atoms with Crippen LogP contribution in [0.15, 0.2) is 72.8 Å². The van der Waals surface area contributed by atoms with Crippen LogP contribution < -0.4 is 28.4 Å². The number of rotatable bonds is 0. The SMILES string of the molecule is c1ccc2c(c1)OCCOc1ccccc1OCCOc1ccccc1OCCO2. The van der Waals surface area contributed by atoms with Gasteiger partial charge in [-0.2, -0.15) is 0 Å². The Morgan fingerprint density at radius 1 is 0.300 bits per heavy atom. The second-order valence-electron chi connectivity index (χ2n) is 6.43. The molecule has 1 heterocycles. The molecule has 6 nitrogen and oxygen atoms in total. The summed E-state index contributed by atoms with van der Waals surface area (Å²) in [5.41, 5.74) is 0. The quantitative estimate of drug-likeness (QED) is 0.551. The third kappa shape index (κ3) is 5.29. The number of hydrogen-bond acceptors (Lipinski definition) is 6. The highest BCUT2D eigenvalue weighted by Gasteiger charge is 2.09. The molecular formula is C24H24O6. The molecule has 1 aliphatic heterocycles. The van der Waals surface area contributed by atoms with Crippen LogP contribution >= 0.6 is 0 Å². The number of benzene rings is 3. The maximum Gasteiger partial charge on any atom is 0.161 e. The first-order valence-electron chi connectivity index (χ1n) is 9.94. The van der Waals surface area contributed by atoms with E-state index in [-0.39, 0.29) is 0 Å². The van der Waals surface area contributed by atoms with Crippen molar-refractivity contribution in [1.29, 1.82) is 0 Å². The van der Waals surface area contributed by atoms with Crippen molar-refractivity contribution in [2.45, 2.75) is 0 Å². The largest absolute Gasteiger partial charge is 0.486 e. The van der Waals surface area contributed by atoms with Crippen LogP contribution in [-0.2, 0) is 0 Å². The van der Waals surface area contributed by atoms with Crippen molar-refractivity contribution in [3.8, 4) is 34.5 Å². The van der Waals surface area contributed by atoms with Crippen LogP contribution in [0.5, 0.6) is 34.5 Å². The summed E-state index contributed by atoms with van der Waals surface area (Å²) in [6.45, 7) is 2.26. The van der Waals surface area contributed by atoms with Crippen LogP contribution in [0.1, 0.15) is 0 Å². The fourth-order valence-electron chi connectivity index (χ4n) is 2.98. The van der Waals surface area contributed by atoms with Gasteiger partial charge in [-0.05, 0) is 36.4 Å². The minimum absolute atomic E-state index is 0.377. The molecule has 0 bridgehead atoms. The minimum atomic E-state index is 0.377. The molecule has 3 aromatic rings. The van der Waals surface area contributed by atoms with Crippen LogP contribution in [0.4, 0.5) is 0 Å². The highest BCUT2D eigenvalue weighted by molar-refractivity contribution is 5.41. The lowest BCUT2D eigenvalue weighted by Crippen LogP contribution is -2.14. The molecule has 4 rings (SSSR count). The lowest BCUT2D eigenvalue weighted by atomic mass is 10.3. The number of ether oxygens (including phenoxy) is 6.